The monoisotopic (exact) mass is 355 g/mol. The van der Waals surface area contributed by atoms with E-state index < -0.39 is 0 Å². The van der Waals surface area contributed by atoms with Crippen molar-refractivity contribution in [2.24, 2.45) is 0 Å². The number of rotatable bonds is 10. The van der Waals surface area contributed by atoms with Crippen LogP contribution in [0.25, 0.3) is 0 Å². The quantitative estimate of drug-likeness (QED) is 0.559. The van der Waals surface area contributed by atoms with Gasteiger partial charge in [-0.15, -0.1) is 0 Å². The fourth-order valence-electron chi connectivity index (χ4n) is 2.18. The molecule has 21 heavy (non-hydrogen) atoms. The Morgan fingerprint density at radius 1 is 1.14 bits per heavy atom. The van der Waals surface area contributed by atoms with Gasteiger partial charge < -0.3 is 10.1 Å². The lowest BCUT2D eigenvalue weighted by atomic mass is 10.1. The van der Waals surface area contributed by atoms with Crippen LogP contribution in [0.2, 0.25) is 0 Å². The van der Waals surface area contributed by atoms with Gasteiger partial charge in [0.15, 0.2) is 0 Å². The first-order chi connectivity index (χ1) is 10.2. The molecular weight excluding hydrogens is 330 g/mol. The summed E-state index contributed by atoms with van der Waals surface area (Å²) in [4.78, 5) is 11.9. The van der Waals surface area contributed by atoms with Crippen LogP contribution in [0.3, 0.4) is 0 Å². The van der Waals surface area contributed by atoms with Gasteiger partial charge in [-0.2, -0.15) is 0 Å². The molecule has 0 spiro atoms. The highest BCUT2D eigenvalue weighted by Crippen LogP contribution is 2.27. The van der Waals surface area contributed by atoms with Crippen LogP contribution >= 0.6 is 15.9 Å². The van der Waals surface area contributed by atoms with Crippen molar-refractivity contribution in [3.05, 3.63) is 22.7 Å². The van der Waals surface area contributed by atoms with Crippen molar-refractivity contribution in [1.29, 1.82) is 0 Å². The van der Waals surface area contributed by atoms with E-state index in [-0.39, 0.29) is 5.91 Å². The normalized spacial score (nSPS) is 10.4. The van der Waals surface area contributed by atoms with Gasteiger partial charge >= 0.3 is 0 Å². The van der Waals surface area contributed by atoms with Gasteiger partial charge in [-0.05, 0) is 34.5 Å². The van der Waals surface area contributed by atoms with Crippen molar-refractivity contribution in [3.8, 4) is 5.75 Å². The molecule has 3 nitrogen and oxygen atoms in total. The number of anilines is 1. The van der Waals surface area contributed by atoms with Gasteiger partial charge in [0.05, 0.1) is 12.8 Å². The molecule has 118 valence electrons. The maximum atomic E-state index is 11.9. The molecule has 0 saturated carbocycles. The highest BCUT2D eigenvalue weighted by Gasteiger charge is 2.06. The van der Waals surface area contributed by atoms with Crippen molar-refractivity contribution < 1.29 is 9.53 Å². The lowest BCUT2D eigenvalue weighted by Crippen LogP contribution is -2.11. The molecule has 1 amide bonds. The Bertz CT molecular complexity index is 435. The van der Waals surface area contributed by atoms with Gasteiger partial charge in [-0.1, -0.05) is 45.4 Å². The Morgan fingerprint density at radius 3 is 2.48 bits per heavy atom. The van der Waals surface area contributed by atoms with Crippen LogP contribution in [0.1, 0.15) is 58.3 Å². The van der Waals surface area contributed by atoms with Crippen LogP contribution in [-0.4, -0.2) is 13.0 Å². The number of carbonyl (C=O) groups is 1. The third-order valence-electron chi connectivity index (χ3n) is 3.46. The lowest BCUT2D eigenvalue weighted by molar-refractivity contribution is -0.116. The van der Waals surface area contributed by atoms with E-state index in [2.05, 4.69) is 28.2 Å². The van der Waals surface area contributed by atoms with Crippen molar-refractivity contribution >= 4 is 27.5 Å². The van der Waals surface area contributed by atoms with E-state index in [0.717, 1.165) is 28.8 Å². The number of hydrogen-bond acceptors (Lipinski definition) is 2. The molecule has 1 rings (SSSR count). The predicted octanol–water partition coefficient (Wildman–Crippen LogP) is 5.54. The number of hydrogen-bond donors (Lipinski definition) is 1. The van der Waals surface area contributed by atoms with Gasteiger partial charge in [-0.25, -0.2) is 0 Å². The van der Waals surface area contributed by atoms with Crippen molar-refractivity contribution in [3.63, 3.8) is 0 Å². The SMILES string of the molecule is CCCCCCCCCC(=O)Nc1cc(OC)ccc1Br. The van der Waals surface area contributed by atoms with Crippen LogP contribution in [-0.2, 0) is 4.79 Å². The first kappa shape index (κ1) is 18.0. The second-order valence-electron chi connectivity index (χ2n) is 5.27. The van der Waals surface area contributed by atoms with Crippen LogP contribution < -0.4 is 10.1 Å². The van der Waals surface area contributed by atoms with E-state index in [0.29, 0.717) is 6.42 Å². The molecule has 0 heterocycles. The maximum absolute atomic E-state index is 11.9. The van der Waals surface area contributed by atoms with E-state index in [4.69, 9.17) is 4.74 Å². The Labute approximate surface area is 136 Å². The summed E-state index contributed by atoms with van der Waals surface area (Å²) in [6.07, 6.45) is 9.11. The van der Waals surface area contributed by atoms with Gasteiger partial charge in [0.25, 0.3) is 0 Å². The number of nitrogens with one attached hydrogen (secondary N) is 1. The largest absolute Gasteiger partial charge is 0.497 e. The predicted molar refractivity (Wildman–Crippen MR) is 91.9 cm³/mol. The average Bonchev–Trinajstić information content (AvgIpc) is 2.48. The summed E-state index contributed by atoms with van der Waals surface area (Å²) in [5.41, 5.74) is 0.766. The molecule has 4 heteroatoms. The smallest absolute Gasteiger partial charge is 0.224 e. The minimum atomic E-state index is 0.0671. The highest BCUT2D eigenvalue weighted by atomic mass is 79.9. The molecule has 0 aromatic heterocycles. The first-order valence-corrected chi connectivity index (χ1v) is 8.60. The molecular formula is C17H26BrNO2. The van der Waals surface area contributed by atoms with E-state index in [1.807, 2.05) is 18.2 Å². The third-order valence-corrected chi connectivity index (χ3v) is 4.15. The standard InChI is InChI=1S/C17H26BrNO2/c1-3-4-5-6-7-8-9-10-17(20)19-16-13-14(21-2)11-12-15(16)18/h11-13H,3-10H2,1-2H3,(H,19,20). The molecule has 1 N–H and O–H groups in total. The molecule has 0 fully saturated rings. The topological polar surface area (TPSA) is 38.3 Å². The molecule has 1 aromatic rings. The second kappa shape index (κ2) is 10.7. The number of halogens is 1. The summed E-state index contributed by atoms with van der Waals surface area (Å²) in [5, 5.41) is 2.93. The number of benzene rings is 1. The highest BCUT2D eigenvalue weighted by molar-refractivity contribution is 9.10. The molecule has 1 aromatic carbocycles. The number of methoxy groups -OCH3 is 1. The van der Waals surface area contributed by atoms with Crippen LogP contribution in [0.4, 0.5) is 5.69 Å². The summed E-state index contributed by atoms with van der Waals surface area (Å²) >= 11 is 3.43. The van der Waals surface area contributed by atoms with E-state index in [1.54, 1.807) is 7.11 Å². The molecule has 0 bridgehead atoms. The summed E-state index contributed by atoms with van der Waals surface area (Å²) < 4.78 is 6.04. The molecule has 0 atom stereocenters. The summed E-state index contributed by atoms with van der Waals surface area (Å²) in [5.74, 6) is 0.807. The Kier molecular flexibility index (Phi) is 9.15. The molecule has 0 radical (unpaired) electrons. The second-order valence-corrected chi connectivity index (χ2v) is 6.12. The first-order valence-electron chi connectivity index (χ1n) is 7.80. The Morgan fingerprint density at radius 2 is 1.81 bits per heavy atom. The average molecular weight is 356 g/mol. The lowest BCUT2D eigenvalue weighted by Gasteiger charge is -2.09. The van der Waals surface area contributed by atoms with Crippen molar-refractivity contribution in [2.75, 3.05) is 12.4 Å². The fourth-order valence-corrected chi connectivity index (χ4v) is 2.53. The molecule has 0 aliphatic carbocycles. The van der Waals surface area contributed by atoms with Gasteiger partial charge in [0.1, 0.15) is 5.75 Å². The Hall–Kier alpha value is -1.03. The molecule has 0 aliphatic heterocycles. The zero-order chi connectivity index (χ0) is 15.5. The summed E-state index contributed by atoms with van der Waals surface area (Å²) in [6.45, 7) is 2.22. The fraction of sp³-hybridized carbons (Fsp3) is 0.588. The van der Waals surface area contributed by atoms with Crippen LogP contribution in [0.5, 0.6) is 5.75 Å². The molecule has 0 unspecified atom stereocenters. The number of ether oxygens (including phenoxy) is 1. The Balaban J connectivity index is 2.24. The maximum Gasteiger partial charge on any atom is 0.224 e. The minimum absolute atomic E-state index is 0.0671. The molecule has 0 aliphatic rings. The third kappa shape index (κ3) is 7.51. The van der Waals surface area contributed by atoms with E-state index in [9.17, 15) is 4.79 Å². The number of unbranched alkanes of at least 4 members (excludes halogenated alkanes) is 6. The summed E-state index contributed by atoms with van der Waals surface area (Å²) in [7, 11) is 1.62. The van der Waals surface area contributed by atoms with Gasteiger partial charge in [0.2, 0.25) is 5.91 Å². The number of carbonyl (C=O) groups excluding carboxylic acids is 1. The van der Waals surface area contributed by atoms with Crippen LogP contribution in [0.15, 0.2) is 22.7 Å². The zero-order valence-electron chi connectivity index (χ0n) is 13.1. The van der Waals surface area contributed by atoms with E-state index in [1.165, 1.54) is 32.1 Å². The van der Waals surface area contributed by atoms with Gasteiger partial charge in [0, 0.05) is 17.0 Å². The minimum Gasteiger partial charge on any atom is -0.497 e. The van der Waals surface area contributed by atoms with Crippen LogP contribution in [0, 0.1) is 0 Å². The van der Waals surface area contributed by atoms with E-state index >= 15 is 0 Å². The summed E-state index contributed by atoms with van der Waals surface area (Å²) in [6, 6.07) is 5.56. The number of amides is 1. The van der Waals surface area contributed by atoms with Crippen molar-refractivity contribution in [2.45, 2.75) is 58.3 Å². The van der Waals surface area contributed by atoms with Crippen molar-refractivity contribution in [1.82, 2.24) is 0 Å². The molecule has 0 saturated heterocycles. The van der Waals surface area contributed by atoms with Gasteiger partial charge in [-0.3, -0.25) is 4.79 Å². The zero-order valence-corrected chi connectivity index (χ0v) is 14.7.